The first-order chi connectivity index (χ1) is 12.1. The predicted octanol–water partition coefficient (Wildman–Crippen LogP) is 2.73. The number of piperazine rings is 1. The van der Waals surface area contributed by atoms with Crippen molar-refractivity contribution >= 4 is 5.69 Å². The van der Waals surface area contributed by atoms with Crippen molar-refractivity contribution in [3.05, 3.63) is 65.0 Å². The van der Waals surface area contributed by atoms with Gasteiger partial charge >= 0.3 is 0 Å². The number of nitriles is 1. The molecular formula is C21H25FN3+. The van der Waals surface area contributed by atoms with Crippen LogP contribution in [0.2, 0.25) is 0 Å². The number of anilines is 1. The van der Waals surface area contributed by atoms with Gasteiger partial charge in [-0.05, 0) is 23.6 Å². The Labute approximate surface area is 149 Å². The molecule has 0 radical (unpaired) electrons. The molecule has 1 aliphatic heterocycles. The molecule has 25 heavy (non-hydrogen) atoms. The number of hydrogen-bond acceptors (Lipinski definition) is 2. The van der Waals surface area contributed by atoms with Crippen molar-refractivity contribution < 1.29 is 9.29 Å². The van der Waals surface area contributed by atoms with Crippen LogP contribution >= 0.6 is 0 Å². The van der Waals surface area contributed by atoms with Crippen LogP contribution in [0.4, 0.5) is 10.1 Å². The third-order valence-electron chi connectivity index (χ3n) is 5.02. The number of rotatable bonds is 4. The minimum atomic E-state index is -0.431. The van der Waals surface area contributed by atoms with E-state index in [0.29, 0.717) is 5.92 Å². The fourth-order valence-corrected chi connectivity index (χ4v) is 3.44. The van der Waals surface area contributed by atoms with Crippen LogP contribution in [0, 0.1) is 17.1 Å². The van der Waals surface area contributed by atoms with E-state index in [9.17, 15) is 9.65 Å². The van der Waals surface area contributed by atoms with E-state index in [1.807, 2.05) is 12.1 Å². The summed E-state index contributed by atoms with van der Waals surface area (Å²) in [7, 11) is 0. The molecule has 0 bridgehead atoms. The molecule has 1 saturated heterocycles. The Hall–Kier alpha value is -2.38. The van der Waals surface area contributed by atoms with E-state index in [0.717, 1.165) is 38.4 Å². The molecule has 0 unspecified atom stereocenters. The number of hydrogen-bond donors (Lipinski definition) is 1. The molecular weight excluding hydrogens is 313 g/mol. The van der Waals surface area contributed by atoms with Crippen LogP contribution in [-0.4, -0.2) is 26.2 Å². The molecule has 0 aliphatic carbocycles. The van der Waals surface area contributed by atoms with Gasteiger partial charge in [-0.15, -0.1) is 0 Å². The van der Waals surface area contributed by atoms with Crippen molar-refractivity contribution in [2.24, 2.45) is 0 Å². The fraction of sp³-hybridized carbons (Fsp3) is 0.381. The van der Waals surface area contributed by atoms with Crippen molar-refractivity contribution in [1.29, 1.82) is 5.26 Å². The third-order valence-corrected chi connectivity index (χ3v) is 5.02. The first-order valence-electron chi connectivity index (χ1n) is 8.94. The van der Waals surface area contributed by atoms with E-state index < -0.39 is 5.82 Å². The minimum absolute atomic E-state index is 0.162. The Balaban J connectivity index is 1.61. The summed E-state index contributed by atoms with van der Waals surface area (Å²) in [5, 5.41) is 9.22. The molecule has 3 rings (SSSR count). The molecule has 2 aromatic carbocycles. The highest BCUT2D eigenvalue weighted by atomic mass is 19.1. The smallest absolute Gasteiger partial charge is 0.143 e. The van der Waals surface area contributed by atoms with Gasteiger partial charge in [0.2, 0.25) is 0 Å². The van der Waals surface area contributed by atoms with Gasteiger partial charge < -0.3 is 9.80 Å². The quantitative estimate of drug-likeness (QED) is 0.929. The lowest BCUT2D eigenvalue weighted by atomic mass is 10.0. The molecule has 1 N–H and O–H groups in total. The lowest BCUT2D eigenvalue weighted by molar-refractivity contribution is -0.914. The van der Waals surface area contributed by atoms with E-state index in [1.54, 1.807) is 6.07 Å². The third kappa shape index (κ3) is 4.00. The maximum absolute atomic E-state index is 13.8. The predicted molar refractivity (Wildman–Crippen MR) is 98.3 cm³/mol. The van der Waals surface area contributed by atoms with Gasteiger partial charge in [0.1, 0.15) is 24.0 Å². The minimum Gasteiger partial charge on any atom is -0.359 e. The zero-order valence-electron chi connectivity index (χ0n) is 14.9. The standard InChI is InChI=1S/C21H24FN3/c1-16(2)18-8-6-17(7-9-18)15-24-10-12-25(13-11-24)21-5-3-4-20(22)19(21)14-23/h3-9,16H,10-13,15H2,1-2H3/p+1. The molecule has 0 aromatic heterocycles. The molecule has 3 nitrogen and oxygen atoms in total. The van der Waals surface area contributed by atoms with Gasteiger partial charge in [0.05, 0.1) is 31.9 Å². The van der Waals surface area contributed by atoms with E-state index in [2.05, 4.69) is 43.0 Å². The summed E-state index contributed by atoms with van der Waals surface area (Å²) in [4.78, 5) is 3.66. The zero-order chi connectivity index (χ0) is 17.8. The molecule has 0 saturated carbocycles. The van der Waals surface area contributed by atoms with Gasteiger partial charge in [-0.1, -0.05) is 44.2 Å². The van der Waals surface area contributed by atoms with Crippen molar-refractivity contribution in [3.63, 3.8) is 0 Å². The molecule has 0 amide bonds. The highest BCUT2D eigenvalue weighted by molar-refractivity contribution is 5.60. The second-order valence-corrected chi connectivity index (χ2v) is 7.06. The molecule has 1 fully saturated rings. The van der Waals surface area contributed by atoms with Gasteiger partial charge in [-0.25, -0.2) is 4.39 Å². The second-order valence-electron chi connectivity index (χ2n) is 7.06. The van der Waals surface area contributed by atoms with Crippen LogP contribution in [0.25, 0.3) is 0 Å². The first kappa shape index (κ1) is 17.4. The summed E-state index contributed by atoms with van der Waals surface area (Å²) in [6, 6.07) is 15.8. The van der Waals surface area contributed by atoms with Gasteiger partial charge in [-0.2, -0.15) is 5.26 Å². The van der Waals surface area contributed by atoms with Crippen LogP contribution < -0.4 is 9.80 Å². The summed E-state index contributed by atoms with van der Waals surface area (Å²) in [6.45, 7) is 9.11. The Morgan fingerprint density at radius 1 is 1.12 bits per heavy atom. The highest BCUT2D eigenvalue weighted by Crippen LogP contribution is 2.22. The summed E-state index contributed by atoms with van der Waals surface area (Å²) in [6.07, 6.45) is 0. The van der Waals surface area contributed by atoms with Crippen molar-refractivity contribution in [3.8, 4) is 6.07 Å². The summed E-state index contributed by atoms with van der Waals surface area (Å²) in [5.41, 5.74) is 3.62. The average Bonchev–Trinajstić information content (AvgIpc) is 2.62. The Morgan fingerprint density at radius 3 is 2.40 bits per heavy atom. The Morgan fingerprint density at radius 2 is 1.80 bits per heavy atom. The van der Waals surface area contributed by atoms with Crippen LogP contribution in [0.5, 0.6) is 0 Å². The zero-order valence-corrected chi connectivity index (χ0v) is 14.9. The molecule has 1 heterocycles. The molecule has 2 aromatic rings. The number of nitrogens with zero attached hydrogens (tertiary/aromatic N) is 2. The maximum Gasteiger partial charge on any atom is 0.143 e. The molecule has 130 valence electrons. The number of nitrogens with one attached hydrogen (secondary N) is 1. The first-order valence-corrected chi connectivity index (χ1v) is 8.94. The molecule has 0 spiro atoms. The van der Waals surface area contributed by atoms with Crippen molar-refractivity contribution in [2.45, 2.75) is 26.3 Å². The topological polar surface area (TPSA) is 31.5 Å². The average molecular weight is 338 g/mol. The summed E-state index contributed by atoms with van der Waals surface area (Å²) >= 11 is 0. The van der Waals surface area contributed by atoms with Crippen LogP contribution in [-0.2, 0) is 6.54 Å². The van der Waals surface area contributed by atoms with Crippen molar-refractivity contribution in [2.75, 3.05) is 31.1 Å². The van der Waals surface area contributed by atoms with E-state index in [1.165, 1.54) is 22.1 Å². The van der Waals surface area contributed by atoms with E-state index >= 15 is 0 Å². The van der Waals surface area contributed by atoms with E-state index in [-0.39, 0.29) is 5.56 Å². The van der Waals surface area contributed by atoms with Crippen LogP contribution in [0.1, 0.15) is 36.5 Å². The Kier molecular flexibility index (Phi) is 5.35. The summed E-state index contributed by atoms with van der Waals surface area (Å²) in [5.74, 6) is 0.130. The SMILES string of the molecule is CC(C)c1ccc(C[NH+]2CCN(c3cccc(F)c3C#N)CC2)cc1. The monoisotopic (exact) mass is 338 g/mol. The number of halogens is 1. The summed E-state index contributed by atoms with van der Waals surface area (Å²) < 4.78 is 13.8. The largest absolute Gasteiger partial charge is 0.359 e. The van der Waals surface area contributed by atoms with Crippen molar-refractivity contribution in [1.82, 2.24) is 0 Å². The number of benzene rings is 2. The second kappa shape index (κ2) is 7.67. The van der Waals surface area contributed by atoms with Crippen LogP contribution in [0.3, 0.4) is 0 Å². The lowest BCUT2D eigenvalue weighted by Crippen LogP contribution is -3.13. The lowest BCUT2D eigenvalue weighted by Gasteiger charge is -2.34. The molecule has 1 aliphatic rings. The van der Waals surface area contributed by atoms with E-state index in [4.69, 9.17) is 0 Å². The maximum atomic E-state index is 13.8. The highest BCUT2D eigenvalue weighted by Gasteiger charge is 2.23. The molecule has 0 atom stereocenters. The molecule has 4 heteroatoms. The Bertz CT molecular complexity index is 754. The fourth-order valence-electron chi connectivity index (χ4n) is 3.44. The van der Waals surface area contributed by atoms with Gasteiger partial charge in [-0.3, -0.25) is 0 Å². The normalized spacial score (nSPS) is 15.4. The van der Waals surface area contributed by atoms with Gasteiger partial charge in [0.15, 0.2) is 0 Å². The van der Waals surface area contributed by atoms with Gasteiger partial charge in [0, 0.05) is 5.56 Å². The van der Waals surface area contributed by atoms with Gasteiger partial charge in [0.25, 0.3) is 0 Å². The van der Waals surface area contributed by atoms with Crippen LogP contribution in [0.15, 0.2) is 42.5 Å². The number of quaternary nitrogens is 1.